The van der Waals surface area contributed by atoms with Gasteiger partial charge in [0.15, 0.2) is 5.75 Å². The molecule has 0 aliphatic rings. The Kier molecular flexibility index (Phi) is 4.29. The van der Waals surface area contributed by atoms with Gasteiger partial charge in [-0.15, -0.1) is 0 Å². The van der Waals surface area contributed by atoms with Crippen molar-refractivity contribution >= 4 is 27.7 Å². The molecular weight excluding hydrogens is 328 g/mol. The quantitative estimate of drug-likeness (QED) is 0.334. The van der Waals surface area contributed by atoms with E-state index in [1.165, 1.54) is 12.1 Å². The lowest BCUT2D eigenvalue weighted by molar-refractivity contribution is -0.385. The van der Waals surface area contributed by atoms with E-state index in [0.717, 1.165) is 12.3 Å². The van der Waals surface area contributed by atoms with E-state index in [1.54, 1.807) is 12.1 Å². The Morgan fingerprint density at radius 3 is 2.39 bits per heavy atom. The predicted molar refractivity (Wildman–Crippen MR) is 79.9 cm³/mol. The summed E-state index contributed by atoms with van der Waals surface area (Å²) in [5.74, 6) is -1.07. The van der Waals surface area contributed by atoms with E-state index in [1.807, 2.05) is 0 Å². The van der Waals surface area contributed by atoms with Crippen LogP contribution in [0.15, 0.2) is 46.3 Å². The lowest BCUT2D eigenvalue weighted by Gasteiger charge is -2.05. The van der Waals surface area contributed by atoms with Gasteiger partial charge in [-0.05, 0) is 12.1 Å². The van der Waals surface area contributed by atoms with Crippen LogP contribution in [0.5, 0.6) is 11.5 Å². The van der Waals surface area contributed by atoms with Gasteiger partial charge in [-0.3, -0.25) is 19.7 Å². The molecule has 120 valence electrons. The van der Waals surface area contributed by atoms with Gasteiger partial charge in [0.25, 0.3) is 15.8 Å². The summed E-state index contributed by atoms with van der Waals surface area (Å²) < 4.78 is 31.4. The van der Waals surface area contributed by atoms with Gasteiger partial charge in [-0.25, -0.2) is 0 Å². The van der Waals surface area contributed by atoms with Crippen LogP contribution in [0.3, 0.4) is 0 Å². The van der Waals surface area contributed by atoms with Crippen molar-refractivity contribution in [3.05, 3.63) is 52.1 Å². The third-order valence-electron chi connectivity index (χ3n) is 2.81. The van der Waals surface area contributed by atoms with Crippen LogP contribution in [0.4, 0.5) is 11.4 Å². The zero-order valence-electron chi connectivity index (χ0n) is 11.3. The van der Waals surface area contributed by atoms with E-state index < -0.39 is 37.1 Å². The monoisotopic (exact) mass is 338 g/mol. The molecule has 0 aliphatic heterocycles. The number of nitrogens with zero attached hydrogens (tertiary/aromatic N) is 2. The molecule has 0 bridgehead atoms. The number of hydrogen-bond acceptors (Lipinski definition) is 7. The smallest absolute Gasteiger partial charge is 0.298 e. The average Bonchev–Trinajstić information content (AvgIpc) is 2.46. The Morgan fingerprint density at radius 1 is 1.17 bits per heavy atom. The summed E-state index contributed by atoms with van der Waals surface area (Å²) in [7, 11) is -4.88. The standard InChI is InChI=1S/C13H10N2O7S/c16-11-4-2-1-3-8(11)7-14-10-5-9(15(18)19)6-12(13(10)17)23(20,21)22/h1-7,16-17H,(H,20,21,22). The van der Waals surface area contributed by atoms with Crippen molar-refractivity contribution in [3.63, 3.8) is 0 Å². The van der Waals surface area contributed by atoms with Crippen molar-refractivity contribution in [3.8, 4) is 11.5 Å². The minimum Gasteiger partial charge on any atom is -0.507 e. The van der Waals surface area contributed by atoms with Crippen LogP contribution < -0.4 is 0 Å². The summed E-state index contributed by atoms with van der Waals surface area (Å²) in [5, 5.41) is 30.3. The summed E-state index contributed by atoms with van der Waals surface area (Å²) in [5.41, 5.74) is -0.887. The molecule has 0 saturated heterocycles. The largest absolute Gasteiger partial charge is 0.507 e. The van der Waals surface area contributed by atoms with E-state index in [2.05, 4.69) is 4.99 Å². The molecule has 2 rings (SSSR count). The number of phenols is 2. The molecule has 23 heavy (non-hydrogen) atoms. The number of aliphatic imine (C=N–C) groups is 1. The minimum absolute atomic E-state index is 0.129. The fourth-order valence-corrected chi connectivity index (χ4v) is 2.33. The molecule has 0 spiro atoms. The van der Waals surface area contributed by atoms with Gasteiger partial charge >= 0.3 is 0 Å². The van der Waals surface area contributed by atoms with Crippen LogP contribution in [-0.4, -0.2) is 34.3 Å². The summed E-state index contributed by atoms with van der Waals surface area (Å²) in [6.45, 7) is 0. The fourth-order valence-electron chi connectivity index (χ4n) is 1.72. The van der Waals surface area contributed by atoms with E-state index in [0.29, 0.717) is 6.07 Å². The van der Waals surface area contributed by atoms with Crippen LogP contribution in [0.25, 0.3) is 0 Å². The molecule has 0 atom stereocenters. The van der Waals surface area contributed by atoms with Crippen molar-refractivity contribution in [2.45, 2.75) is 4.90 Å². The van der Waals surface area contributed by atoms with Crippen LogP contribution in [0.1, 0.15) is 5.56 Å². The maximum absolute atomic E-state index is 11.2. The van der Waals surface area contributed by atoms with E-state index in [-0.39, 0.29) is 11.3 Å². The van der Waals surface area contributed by atoms with Gasteiger partial charge in [0.2, 0.25) is 0 Å². The van der Waals surface area contributed by atoms with Crippen molar-refractivity contribution in [1.29, 1.82) is 0 Å². The van der Waals surface area contributed by atoms with Gasteiger partial charge in [0.05, 0.1) is 4.92 Å². The zero-order chi connectivity index (χ0) is 17.2. The molecule has 0 heterocycles. The van der Waals surface area contributed by atoms with Crippen LogP contribution in [0.2, 0.25) is 0 Å². The second kappa shape index (κ2) is 6.02. The van der Waals surface area contributed by atoms with E-state index in [9.17, 15) is 28.7 Å². The van der Waals surface area contributed by atoms with Crippen molar-refractivity contribution < 1.29 is 28.1 Å². The Labute approximate surface area is 130 Å². The molecule has 2 aromatic carbocycles. The second-order valence-electron chi connectivity index (χ2n) is 4.36. The Hall–Kier alpha value is -2.98. The van der Waals surface area contributed by atoms with Crippen LogP contribution in [0, 0.1) is 10.1 Å². The van der Waals surface area contributed by atoms with Crippen LogP contribution >= 0.6 is 0 Å². The molecule has 0 radical (unpaired) electrons. The first-order chi connectivity index (χ1) is 10.7. The molecule has 0 amide bonds. The number of para-hydroxylation sites is 1. The molecule has 0 aliphatic carbocycles. The summed E-state index contributed by atoms with van der Waals surface area (Å²) in [4.78, 5) is 12.6. The average molecular weight is 338 g/mol. The fraction of sp³-hybridized carbons (Fsp3) is 0. The molecule has 10 heteroatoms. The van der Waals surface area contributed by atoms with Gasteiger partial charge in [0, 0.05) is 23.9 Å². The van der Waals surface area contributed by atoms with Gasteiger partial charge in [-0.2, -0.15) is 8.42 Å². The molecule has 0 aromatic heterocycles. The lowest BCUT2D eigenvalue weighted by Crippen LogP contribution is -2.00. The highest BCUT2D eigenvalue weighted by atomic mass is 32.2. The van der Waals surface area contributed by atoms with Gasteiger partial charge in [0.1, 0.15) is 16.3 Å². The number of nitro groups is 1. The minimum atomic E-state index is -4.88. The number of hydrogen-bond donors (Lipinski definition) is 3. The number of aromatic hydroxyl groups is 2. The number of non-ortho nitro benzene ring substituents is 1. The molecule has 0 saturated carbocycles. The molecule has 0 fully saturated rings. The SMILES string of the molecule is O=[N+]([O-])c1cc(N=Cc2ccccc2O)c(O)c(S(=O)(=O)O)c1. The topological polar surface area (TPSA) is 150 Å². The Bertz CT molecular complexity index is 907. The van der Waals surface area contributed by atoms with Gasteiger partial charge in [-0.1, -0.05) is 12.1 Å². The first-order valence-corrected chi connectivity index (χ1v) is 7.45. The molecule has 2 aromatic rings. The summed E-state index contributed by atoms with van der Waals surface area (Å²) in [6, 6.07) is 7.37. The Morgan fingerprint density at radius 2 is 1.83 bits per heavy atom. The van der Waals surface area contributed by atoms with Crippen LogP contribution in [-0.2, 0) is 10.1 Å². The maximum atomic E-state index is 11.2. The highest BCUT2D eigenvalue weighted by Gasteiger charge is 2.23. The number of rotatable bonds is 4. The molecular formula is C13H10N2O7S. The van der Waals surface area contributed by atoms with E-state index in [4.69, 9.17) is 4.55 Å². The zero-order valence-corrected chi connectivity index (χ0v) is 12.1. The number of benzene rings is 2. The predicted octanol–water partition coefficient (Wildman–Crippen LogP) is 2.00. The second-order valence-corrected chi connectivity index (χ2v) is 5.75. The highest BCUT2D eigenvalue weighted by Crippen LogP contribution is 2.37. The van der Waals surface area contributed by atoms with Crippen molar-refractivity contribution in [1.82, 2.24) is 0 Å². The summed E-state index contributed by atoms with van der Waals surface area (Å²) >= 11 is 0. The highest BCUT2D eigenvalue weighted by molar-refractivity contribution is 7.86. The lowest BCUT2D eigenvalue weighted by atomic mass is 10.2. The van der Waals surface area contributed by atoms with Crippen molar-refractivity contribution in [2.75, 3.05) is 0 Å². The molecule has 3 N–H and O–H groups in total. The third kappa shape index (κ3) is 3.62. The van der Waals surface area contributed by atoms with Gasteiger partial charge < -0.3 is 10.2 Å². The first kappa shape index (κ1) is 16.4. The van der Waals surface area contributed by atoms with E-state index >= 15 is 0 Å². The molecule has 0 unspecified atom stereocenters. The van der Waals surface area contributed by atoms with Crippen molar-refractivity contribution in [2.24, 2.45) is 4.99 Å². The first-order valence-electron chi connectivity index (χ1n) is 6.01. The normalized spacial score (nSPS) is 11.7. The number of phenolic OH excluding ortho intramolecular Hbond substituents is 2. The third-order valence-corrected chi connectivity index (χ3v) is 3.67. The summed E-state index contributed by atoms with van der Waals surface area (Å²) in [6.07, 6.45) is 1.09. The maximum Gasteiger partial charge on any atom is 0.298 e. The molecule has 9 nitrogen and oxygen atoms in total. The number of nitro benzene ring substituents is 1. The Balaban J connectivity index is 2.60.